The van der Waals surface area contributed by atoms with E-state index in [9.17, 15) is 4.79 Å². The van der Waals surface area contributed by atoms with E-state index in [1.54, 1.807) is 30.3 Å². The van der Waals surface area contributed by atoms with Crippen LogP contribution < -0.4 is 5.73 Å². The van der Waals surface area contributed by atoms with Gasteiger partial charge in [0.2, 0.25) is 0 Å². The van der Waals surface area contributed by atoms with Crippen molar-refractivity contribution in [2.45, 2.75) is 13.5 Å². The third-order valence-corrected chi connectivity index (χ3v) is 3.66. The Hall–Kier alpha value is -2.32. The Balaban J connectivity index is 1.98. The van der Waals surface area contributed by atoms with Crippen molar-refractivity contribution in [3.05, 3.63) is 51.2 Å². The second-order valence-electron chi connectivity index (χ2n) is 4.01. The van der Waals surface area contributed by atoms with Gasteiger partial charge in [0.05, 0.1) is 11.6 Å². The molecule has 0 bridgehead atoms. The average Bonchev–Trinajstić information content (AvgIpc) is 2.77. The van der Waals surface area contributed by atoms with Crippen molar-refractivity contribution in [3.63, 3.8) is 0 Å². The minimum Gasteiger partial charge on any atom is -0.457 e. The van der Waals surface area contributed by atoms with Crippen LogP contribution in [-0.4, -0.2) is 5.97 Å². The van der Waals surface area contributed by atoms with Crippen molar-refractivity contribution in [3.8, 4) is 6.07 Å². The number of nitrogens with two attached hydrogens (primary N) is 1. The summed E-state index contributed by atoms with van der Waals surface area (Å²) >= 11 is 1.32. The lowest BCUT2D eigenvalue weighted by atomic mass is 10.2. The zero-order valence-electron chi connectivity index (χ0n) is 10.3. The number of esters is 1. The second kappa shape index (κ2) is 5.55. The van der Waals surface area contributed by atoms with Crippen LogP contribution in [0.3, 0.4) is 0 Å². The van der Waals surface area contributed by atoms with E-state index in [4.69, 9.17) is 15.7 Å². The van der Waals surface area contributed by atoms with Crippen LogP contribution in [0.15, 0.2) is 30.3 Å². The Bertz CT molecular complexity index is 619. The normalized spacial score (nSPS) is 9.89. The molecule has 0 spiro atoms. The highest BCUT2D eigenvalue weighted by molar-refractivity contribution is 7.14. The largest absolute Gasteiger partial charge is 0.457 e. The second-order valence-corrected chi connectivity index (χ2v) is 5.26. The summed E-state index contributed by atoms with van der Waals surface area (Å²) < 4.78 is 5.19. The molecule has 5 heteroatoms. The van der Waals surface area contributed by atoms with Crippen LogP contribution in [0, 0.1) is 18.3 Å². The third kappa shape index (κ3) is 3.12. The Morgan fingerprint density at radius 3 is 2.63 bits per heavy atom. The molecule has 2 rings (SSSR count). The molecule has 0 aliphatic heterocycles. The third-order valence-electron chi connectivity index (χ3n) is 2.61. The lowest BCUT2D eigenvalue weighted by Gasteiger charge is -2.03. The smallest absolute Gasteiger partial charge is 0.348 e. The van der Waals surface area contributed by atoms with Gasteiger partial charge in [0, 0.05) is 10.6 Å². The maximum atomic E-state index is 11.8. The number of hydrogen-bond acceptors (Lipinski definition) is 5. The lowest BCUT2D eigenvalue weighted by molar-refractivity contribution is 0.0478. The SMILES string of the molecule is Cc1sc(C(=O)OCc2ccc(C#N)cc2)cc1N. The molecule has 0 aliphatic carbocycles. The van der Waals surface area contributed by atoms with Crippen molar-refractivity contribution in [2.24, 2.45) is 0 Å². The number of rotatable bonds is 3. The first-order chi connectivity index (χ1) is 9.10. The quantitative estimate of drug-likeness (QED) is 0.872. The molecule has 0 saturated carbocycles. The van der Waals surface area contributed by atoms with Gasteiger partial charge in [-0.15, -0.1) is 11.3 Å². The number of hydrogen-bond donors (Lipinski definition) is 1. The number of anilines is 1. The molecule has 1 aromatic carbocycles. The summed E-state index contributed by atoms with van der Waals surface area (Å²) in [5.41, 5.74) is 7.72. The highest BCUT2D eigenvalue weighted by Crippen LogP contribution is 2.24. The molecule has 2 N–H and O–H groups in total. The van der Waals surface area contributed by atoms with Crippen molar-refractivity contribution in [1.82, 2.24) is 0 Å². The summed E-state index contributed by atoms with van der Waals surface area (Å²) in [5.74, 6) is -0.380. The molecule has 0 unspecified atom stereocenters. The van der Waals surface area contributed by atoms with Crippen molar-refractivity contribution in [2.75, 3.05) is 5.73 Å². The van der Waals surface area contributed by atoms with Gasteiger partial charge in [-0.2, -0.15) is 5.26 Å². The number of nitrogen functional groups attached to an aromatic ring is 1. The molecule has 0 saturated heterocycles. The molecule has 0 aliphatic rings. The minimum absolute atomic E-state index is 0.182. The van der Waals surface area contributed by atoms with Gasteiger partial charge in [-0.3, -0.25) is 0 Å². The van der Waals surface area contributed by atoms with Gasteiger partial charge in [-0.25, -0.2) is 4.79 Å². The molecule has 0 radical (unpaired) electrons. The molecule has 0 amide bonds. The standard InChI is InChI=1S/C14H12N2O2S/c1-9-12(16)6-13(19-9)14(17)18-8-11-4-2-10(7-15)3-5-11/h2-6H,8,16H2,1H3. The van der Waals surface area contributed by atoms with Crippen molar-refractivity contribution < 1.29 is 9.53 Å². The average molecular weight is 272 g/mol. The van der Waals surface area contributed by atoms with Crippen LogP contribution in [0.25, 0.3) is 0 Å². The first kappa shape index (κ1) is 13.1. The number of carbonyl (C=O) groups excluding carboxylic acids is 1. The molecule has 96 valence electrons. The molecular weight excluding hydrogens is 260 g/mol. The molecule has 0 fully saturated rings. The summed E-state index contributed by atoms with van der Waals surface area (Å²) in [6.45, 7) is 2.04. The van der Waals surface area contributed by atoms with Gasteiger partial charge >= 0.3 is 5.97 Å². The first-order valence-corrected chi connectivity index (χ1v) is 6.44. The van der Waals surface area contributed by atoms with E-state index in [0.29, 0.717) is 16.1 Å². The van der Waals surface area contributed by atoms with Gasteiger partial charge in [0.1, 0.15) is 11.5 Å². The van der Waals surface area contributed by atoms with Crippen LogP contribution in [0.5, 0.6) is 0 Å². The molecule has 1 heterocycles. The van der Waals surface area contributed by atoms with Gasteiger partial charge in [-0.1, -0.05) is 12.1 Å². The van der Waals surface area contributed by atoms with E-state index in [0.717, 1.165) is 10.4 Å². The fourth-order valence-electron chi connectivity index (χ4n) is 1.49. The predicted molar refractivity (Wildman–Crippen MR) is 73.7 cm³/mol. The Kier molecular flexibility index (Phi) is 3.83. The number of thiophene rings is 1. The molecule has 1 aromatic heterocycles. The molecule has 0 atom stereocenters. The highest BCUT2D eigenvalue weighted by Gasteiger charge is 2.12. The van der Waals surface area contributed by atoms with Crippen molar-refractivity contribution in [1.29, 1.82) is 5.26 Å². The van der Waals surface area contributed by atoms with E-state index < -0.39 is 0 Å². The first-order valence-electron chi connectivity index (χ1n) is 5.62. The molecule has 4 nitrogen and oxygen atoms in total. The Morgan fingerprint density at radius 1 is 1.42 bits per heavy atom. The highest BCUT2D eigenvalue weighted by atomic mass is 32.1. The van der Waals surface area contributed by atoms with Crippen LogP contribution in [0.1, 0.15) is 25.7 Å². The fraction of sp³-hybridized carbons (Fsp3) is 0.143. The summed E-state index contributed by atoms with van der Waals surface area (Å²) in [6, 6.07) is 10.6. The summed E-state index contributed by atoms with van der Waals surface area (Å²) in [4.78, 5) is 13.2. The fourth-order valence-corrected chi connectivity index (χ4v) is 2.33. The number of benzene rings is 1. The van der Waals surface area contributed by atoms with E-state index in [1.807, 2.05) is 13.0 Å². The number of carbonyl (C=O) groups is 1. The Labute approximate surface area is 115 Å². The maximum Gasteiger partial charge on any atom is 0.348 e. The Morgan fingerprint density at radius 2 is 2.11 bits per heavy atom. The molecular formula is C14H12N2O2S. The lowest BCUT2D eigenvalue weighted by Crippen LogP contribution is -2.03. The van der Waals surface area contributed by atoms with Gasteiger partial charge in [0.15, 0.2) is 0 Å². The van der Waals surface area contributed by atoms with Crippen molar-refractivity contribution >= 4 is 23.0 Å². The summed E-state index contributed by atoms with van der Waals surface area (Å²) in [6.07, 6.45) is 0. The number of ether oxygens (including phenoxy) is 1. The number of nitrogens with zero attached hydrogens (tertiary/aromatic N) is 1. The van der Waals surface area contributed by atoms with Crippen LogP contribution in [0.4, 0.5) is 5.69 Å². The predicted octanol–water partition coefficient (Wildman–Crippen LogP) is 2.87. The molecule has 19 heavy (non-hydrogen) atoms. The topological polar surface area (TPSA) is 76.1 Å². The minimum atomic E-state index is -0.380. The summed E-state index contributed by atoms with van der Waals surface area (Å²) in [7, 11) is 0. The zero-order valence-corrected chi connectivity index (χ0v) is 11.2. The number of aryl methyl sites for hydroxylation is 1. The van der Waals surface area contributed by atoms with E-state index in [1.165, 1.54) is 11.3 Å². The van der Waals surface area contributed by atoms with Gasteiger partial charge < -0.3 is 10.5 Å². The van der Waals surface area contributed by atoms with Gasteiger partial charge in [-0.05, 0) is 30.7 Å². The summed E-state index contributed by atoms with van der Waals surface area (Å²) in [5, 5.41) is 8.68. The zero-order chi connectivity index (χ0) is 13.8. The molecule has 2 aromatic rings. The number of nitriles is 1. The van der Waals surface area contributed by atoms with Crippen LogP contribution >= 0.6 is 11.3 Å². The van der Waals surface area contributed by atoms with Gasteiger partial charge in [0.25, 0.3) is 0 Å². The maximum absolute atomic E-state index is 11.8. The van der Waals surface area contributed by atoms with E-state index >= 15 is 0 Å². The van der Waals surface area contributed by atoms with Crippen LogP contribution in [-0.2, 0) is 11.3 Å². The van der Waals surface area contributed by atoms with Crippen LogP contribution in [0.2, 0.25) is 0 Å². The van der Waals surface area contributed by atoms with E-state index in [-0.39, 0.29) is 12.6 Å². The van der Waals surface area contributed by atoms with E-state index in [2.05, 4.69) is 0 Å². The monoisotopic (exact) mass is 272 g/mol.